The maximum Gasteiger partial charge on any atom is 0.203 e. The SMILES string of the molecule is CN=C(NCc1ccc(OC)c(OC)c1OC)NC1CCN(Cc2ccccc2)C(C)C1. The monoisotopic (exact) mass is 440 g/mol. The molecule has 2 unspecified atom stereocenters. The van der Waals surface area contributed by atoms with E-state index in [-0.39, 0.29) is 0 Å². The van der Waals surface area contributed by atoms with Gasteiger partial charge in [-0.05, 0) is 37.5 Å². The molecule has 0 aliphatic carbocycles. The van der Waals surface area contributed by atoms with Crippen molar-refractivity contribution in [2.75, 3.05) is 34.9 Å². The Kier molecular flexibility index (Phi) is 8.62. The number of likely N-dealkylation sites (tertiary alicyclic amines) is 1. The fourth-order valence-corrected chi connectivity index (χ4v) is 4.27. The Balaban J connectivity index is 1.56. The van der Waals surface area contributed by atoms with E-state index in [1.54, 1.807) is 28.4 Å². The Morgan fingerprint density at radius 2 is 1.78 bits per heavy atom. The van der Waals surface area contributed by atoms with Crippen molar-refractivity contribution in [1.29, 1.82) is 0 Å². The molecule has 1 heterocycles. The van der Waals surface area contributed by atoms with Crippen LogP contribution in [0.1, 0.15) is 30.9 Å². The summed E-state index contributed by atoms with van der Waals surface area (Å²) in [5.41, 5.74) is 2.34. The molecule has 1 saturated heterocycles. The summed E-state index contributed by atoms with van der Waals surface area (Å²) in [7, 11) is 6.67. The summed E-state index contributed by atoms with van der Waals surface area (Å²) in [6, 6.07) is 15.4. The van der Waals surface area contributed by atoms with Crippen molar-refractivity contribution in [3.8, 4) is 17.2 Å². The molecular formula is C25H36N4O3. The zero-order chi connectivity index (χ0) is 22.9. The largest absolute Gasteiger partial charge is 0.493 e. The minimum atomic E-state index is 0.385. The Morgan fingerprint density at radius 1 is 1.03 bits per heavy atom. The lowest BCUT2D eigenvalue weighted by molar-refractivity contribution is 0.134. The number of nitrogens with zero attached hydrogens (tertiary/aromatic N) is 2. The minimum absolute atomic E-state index is 0.385. The van der Waals surface area contributed by atoms with Crippen LogP contribution in [0.5, 0.6) is 17.2 Å². The summed E-state index contributed by atoms with van der Waals surface area (Å²) in [4.78, 5) is 6.98. The molecule has 7 nitrogen and oxygen atoms in total. The first kappa shape index (κ1) is 23.7. The second-order valence-corrected chi connectivity index (χ2v) is 8.09. The summed E-state index contributed by atoms with van der Waals surface area (Å²) < 4.78 is 16.5. The Morgan fingerprint density at radius 3 is 2.41 bits per heavy atom. The molecule has 2 aromatic rings. The van der Waals surface area contributed by atoms with E-state index in [1.807, 2.05) is 12.1 Å². The normalized spacial score (nSPS) is 19.3. The molecule has 2 N–H and O–H groups in total. The number of guanidine groups is 1. The first-order valence-electron chi connectivity index (χ1n) is 11.1. The average molecular weight is 441 g/mol. The van der Waals surface area contributed by atoms with Gasteiger partial charge in [0.15, 0.2) is 17.5 Å². The van der Waals surface area contributed by atoms with Crippen molar-refractivity contribution < 1.29 is 14.2 Å². The van der Waals surface area contributed by atoms with Crippen molar-refractivity contribution in [3.63, 3.8) is 0 Å². The van der Waals surface area contributed by atoms with Crippen LogP contribution in [0.2, 0.25) is 0 Å². The van der Waals surface area contributed by atoms with E-state index in [0.29, 0.717) is 35.9 Å². The highest BCUT2D eigenvalue weighted by Crippen LogP contribution is 2.39. The predicted molar refractivity (Wildman–Crippen MR) is 129 cm³/mol. The molecule has 32 heavy (non-hydrogen) atoms. The average Bonchev–Trinajstić information content (AvgIpc) is 2.83. The number of hydrogen-bond acceptors (Lipinski definition) is 5. The summed E-state index contributed by atoms with van der Waals surface area (Å²) in [6.07, 6.45) is 2.16. The van der Waals surface area contributed by atoms with Crippen LogP contribution in [-0.4, -0.2) is 57.9 Å². The molecule has 7 heteroatoms. The fraction of sp³-hybridized carbons (Fsp3) is 0.480. The first-order chi connectivity index (χ1) is 15.6. The van der Waals surface area contributed by atoms with Crippen LogP contribution in [0.4, 0.5) is 0 Å². The molecule has 174 valence electrons. The van der Waals surface area contributed by atoms with Gasteiger partial charge in [-0.3, -0.25) is 9.89 Å². The third-order valence-corrected chi connectivity index (χ3v) is 6.04. The van der Waals surface area contributed by atoms with E-state index in [4.69, 9.17) is 14.2 Å². The van der Waals surface area contributed by atoms with Gasteiger partial charge in [0.25, 0.3) is 0 Å². The second-order valence-electron chi connectivity index (χ2n) is 8.09. The summed E-state index contributed by atoms with van der Waals surface area (Å²) in [5, 5.41) is 7.01. The number of methoxy groups -OCH3 is 3. The molecule has 0 amide bonds. The molecule has 2 aromatic carbocycles. The van der Waals surface area contributed by atoms with Crippen molar-refractivity contribution in [2.45, 2.75) is 44.9 Å². The molecule has 1 aliphatic rings. The number of benzene rings is 2. The standard InChI is InChI=1S/C25H36N4O3/c1-18-15-21(13-14-29(18)17-19-9-7-6-8-10-19)28-25(26-2)27-16-20-11-12-22(30-3)24(32-5)23(20)31-4/h6-12,18,21H,13-17H2,1-5H3,(H2,26,27,28). The molecule has 2 atom stereocenters. The first-order valence-corrected chi connectivity index (χ1v) is 11.1. The summed E-state index contributed by atoms with van der Waals surface area (Å²) >= 11 is 0. The van der Waals surface area contributed by atoms with E-state index >= 15 is 0 Å². The van der Waals surface area contributed by atoms with Gasteiger partial charge in [-0.2, -0.15) is 0 Å². The van der Waals surface area contributed by atoms with E-state index in [2.05, 4.69) is 57.8 Å². The van der Waals surface area contributed by atoms with E-state index in [0.717, 1.165) is 37.5 Å². The van der Waals surface area contributed by atoms with Gasteiger partial charge in [0.2, 0.25) is 5.75 Å². The molecule has 1 aliphatic heterocycles. The van der Waals surface area contributed by atoms with Gasteiger partial charge >= 0.3 is 0 Å². The Labute approximate surface area is 191 Å². The predicted octanol–water partition coefficient (Wildman–Crippen LogP) is 3.43. The van der Waals surface area contributed by atoms with Crippen molar-refractivity contribution in [1.82, 2.24) is 15.5 Å². The number of ether oxygens (including phenoxy) is 3. The number of rotatable bonds is 8. The van der Waals surface area contributed by atoms with Gasteiger partial charge in [0.1, 0.15) is 0 Å². The third kappa shape index (κ3) is 5.85. The molecule has 0 aromatic heterocycles. The van der Waals surface area contributed by atoms with Gasteiger partial charge in [-0.25, -0.2) is 0 Å². The second kappa shape index (κ2) is 11.6. The number of piperidine rings is 1. The highest BCUT2D eigenvalue weighted by atomic mass is 16.5. The van der Waals surface area contributed by atoms with Crippen molar-refractivity contribution >= 4 is 5.96 Å². The smallest absolute Gasteiger partial charge is 0.203 e. The number of hydrogen-bond donors (Lipinski definition) is 2. The maximum atomic E-state index is 5.59. The van der Waals surface area contributed by atoms with Crippen molar-refractivity contribution in [3.05, 3.63) is 53.6 Å². The van der Waals surface area contributed by atoms with Gasteiger partial charge in [0, 0.05) is 44.3 Å². The van der Waals surface area contributed by atoms with Gasteiger partial charge in [-0.15, -0.1) is 0 Å². The van der Waals surface area contributed by atoms with E-state index in [9.17, 15) is 0 Å². The van der Waals surface area contributed by atoms with Crippen molar-refractivity contribution in [2.24, 2.45) is 4.99 Å². The molecule has 1 fully saturated rings. The quantitative estimate of drug-likeness (QED) is 0.484. The lowest BCUT2D eigenvalue weighted by Gasteiger charge is -2.38. The maximum absolute atomic E-state index is 5.59. The minimum Gasteiger partial charge on any atom is -0.493 e. The van der Waals surface area contributed by atoms with Crippen LogP contribution in [0, 0.1) is 0 Å². The number of aliphatic imine (C=N–C) groups is 1. The topological polar surface area (TPSA) is 67.4 Å². The van der Waals surface area contributed by atoms with Crippen LogP contribution in [-0.2, 0) is 13.1 Å². The van der Waals surface area contributed by atoms with Gasteiger partial charge in [-0.1, -0.05) is 30.3 Å². The highest BCUT2D eigenvalue weighted by Gasteiger charge is 2.26. The van der Waals surface area contributed by atoms with Gasteiger partial charge in [0.05, 0.1) is 21.3 Å². The molecular weight excluding hydrogens is 404 g/mol. The van der Waals surface area contributed by atoms with E-state index < -0.39 is 0 Å². The van der Waals surface area contributed by atoms with Crippen LogP contribution < -0.4 is 24.8 Å². The Bertz CT molecular complexity index is 888. The lowest BCUT2D eigenvalue weighted by Crippen LogP contribution is -2.51. The van der Waals surface area contributed by atoms with E-state index in [1.165, 1.54) is 5.56 Å². The zero-order valence-corrected chi connectivity index (χ0v) is 19.9. The molecule has 0 bridgehead atoms. The summed E-state index contributed by atoms with van der Waals surface area (Å²) in [5.74, 6) is 2.69. The third-order valence-electron chi connectivity index (χ3n) is 6.04. The number of nitrogens with one attached hydrogen (secondary N) is 2. The highest BCUT2D eigenvalue weighted by molar-refractivity contribution is 5.80. The molecule has 3 rings (SSSR count). The van der Waals surface area contributed by atoms with Crippen LogP contribution >= 0.6 is 0 Å². The van der Waals surface area contributed by atoms with Gasteiger partial charge < -0.3 is 24.8 Å². The summed E-state index contributed by atoms with van der Waals surface area (Å²) in [6.45, 7) is 4.93. The van der Waals surface area contributed by atoms with Crippen LogP contribution in [0.25, 0.3) is 0 Å². The zero-order valence-electron chi connectivity index (χ0n) is 19.9. The molecule has 0 saturated carbocycles. The lowest BCUT2D eigenvalue weighted by atomic mass is 9.97. The van der Waals surface area contributed by atoms with Crippen LogP contribution in [0.3, 0.4) is 0 Å². The molecule has 0 radical (unpaired) electrons. The Hall–Kier alpha value is -2.93. The van der Waals surface area contributed by atoms with Crippen LogP contribution in [0.15, 0.2) is 47.5 Å². The fourth-order valence-electron chi connectivity index (χ4n) is 4.27. The molecule has 0 spiro atoms.